The monoisotopic (exact) mass is 498 g/mol. The summed E-state index contributed by atoms with van der Waals surface area (Å²) in [5.74, 6) is 2.29. The van der Waals surface area contributed by atoms with Crippen molar-refractivity contribution in [1.82, 2.24) is 9.96 Å². The van der Waals surface area contributed by atoms with Crippen molar-refractivity contribution in [3.63, 3.8) is 0 Å². The first-order valence-corrected chi connectivity index (χ1v) is 14.6. The molecule has 0 bridgehead atoms. The van der Waals surface area contributed by atoms with Crippen molar-refractivity contribution in [2.24, 2.45) is 0 Å². The van der Waals surface area contributed by atoms with E-state index in [4.69, 9.17) is 19.0 Å². The molecule has 6 heteroatoms. The normalized spacial score (nSPS) is 25.7. The Balaban J connectivity index is 1.33. The van der Waals surface area contributed by atoms with E-state index in [0.29, 0.717) is 24.9 Å². The fourth-order valence-corrected chi connectivity index (χ4v) is 6.18. The predicted molar refractivity (Wildman–Crippen MR) is 142 cm³/mol. The van der Waals surface area contributed by atoms with Crippen LogP contribution in [0.3, 0.4) is 0 Å². The number of hydroxylamine groups is 2. The van der Waals surface area contributed by atoms with Gasteiger partial charge in [0.05, 0.1) is 18.4 Å². The van der Waals surface area contributed by atoms with Gasteiger partial charge in [-0.25, -0.2) is 0 Å². The summed E-state index contributed by atoms with van der Waals surface area (Å²) in [5, 5.41) is 2.26. The van der Waals surface area contributed by atoms with Gasteiger partial charge in [-0.15, -0.1) is 0 Å². The van der Waals surface area contributed by atoms with Crippen molar-refractivity contribution >= 4 is 0 Å². The van der Waals surface area contributed by atoms with Gasteiger partial charge >= 0.3 is 0 Å². The van der Waals surface area contributed by atoms with E-state index in [1.165, 1.54) is 69.0 Å². The van der Waals surface area contributed by atoms with E-state index in [2.05, 4.69) is 42.0 Å². The molecule has 200 valence electrons. The third-order valence-corrected chi connectivity index (χ3v) is 8.39. The molecule has 4 aliphatic rings. The zero-order chi connectivity index (χ0) is 24.7. The lowest BCUT2D eigenvalue weighted by molar-refractivity contribution is -0.136. The summed E-state index contributed by atoms with van der Waals surface area (Å²) in [7, 11) is 0. The fourth-order valence-electron chi connectivity index (χ4n) is 6.18. The summed E-state index contributed by atoms with van der Waals surface area (Å²) in [4.78, 5) is 9.07. The molecule has 1 saturated carbocycles. The first kappa shape index (κ1) is 25.9. The van der Waals surface area contributed by atoms with Gasteiger partial charge in [0.25, 0.3) is 0 Å². The number of benzene rings is 1. The van der Waals surface area contributed by atoms with E-state index >= 15 is 0 Å². The van der Waals surface area contributed by atoms with Gasteiger partial charge in [0, 0.05) is 32.3 Å². The molecule has 3 fully saturated rings. The number of fused-ring (bicyclic) bond motifs is 1. The maximum atomic E-state index is 6.31. The van der Waals surface area contributed by atoms with E-state index in [9.17, 15) is 0 Å². The minimum Gasteiger partial charge on any atom is -0.454 e. The van der Waals surface area contributed by atoms with Gasteiger partial charge in [-0.2, -0.15) is 0 Å². The van der Waals surface area contributed by atoms with Gasteiger partial charge in [0.15, 0.2) is 11.5 Å². The molecule has 1 aromatic rings. The van der Waals surface area contributed by atoms with Crippen molar-refractivity contribution in [1.29, 1.82) is 0 Å². The average Bonchev–Trinajstić information content (AvgIpc) is 3.51. The van der Waals surface area contributed by atoms with Crippen LogP contribution in [0.1, 0.15) is 96.0 Å². The standard InChI is InChI=1S/C30H46N2O4/c1-3-15-32(36-16-4-2)28(23-8-7-9-23)21-31-20-25(24-11-14-29-30(19-24)35-22-34-29)18-26(31)12-13-27-10-5-6-17-33-27/h11,14,19,25-27H,3-10,12-13,15-18,20-22H2,1-2H3. The summed E-state index contributed by atoms with van der Waals surface area (Å²) in [6.45, 7) is 9.57. The summed E-state index contributed by atoms with van der Waals surface area (Å²) < 4.78 is 17.4. The number of allylic oxidation sites excluding steroid dienone is 1. The van der Waals surface area contributed by atoms with Crippen LogP contribution in [0.4, 0.5) is 0 Å². The van der Waals surface area contributed by atoms with Gasteiger partial charge in [-0.1, -0.05) is 19.9 Å². The highest BCUT2D eigenvalue weighted by molar-refractivity contribution is 5.45. The Labute approximate surface area is 217 Å². The highest BCUT2D eigenvalue weighted by Gasteiger charge is 2.36. The highest BCUT2D eigenvalue weighted by Crippen LogP contribution is 2.41. The summed E-state index contributed by atoms with van der Waals surface area (Å²) >= 11 is 0. The van der Waals surface area contributed by atoms with Gasteiger partial charge in [-0.3, -0.25) is 14.8 Å². The number of nitrogens with zero attached hydrogens (tertiary/aromatic N) is 2. The van der Waals surface area contributed by atoms with Gasteiger partial charge < -0.3 is 14.2 Å². The largest absolute Gasteiger partial charge is 0.454 e. The molecule has 6 nitrogen and oxygen atoms in total. The molecule has 0 amide bonds. The third-order valence-electron chi connectivity index (χ3n) is 8.39. The topological polar surface area (TPSA) is 43.4 Å². The van der Waals surface area contributed by atoms with Crippen LogP contribution >= 0.6 is 0 Å². The van der Waals surface area contributed by atoms with Crippen LogP contribution < -0.4 is 9.47 Å². The molecule has 2 saturated heterocycles. The molecule has 1 aromatic carbocycles. The molecule has 5 rings (SSSR count). The smallest absolute Gasteiger partial charge is 0.231 e. The molecule has 3 aliphatic heterocycles. The van der Waals surface area contributed by atoms with E-state index < -0.39 is 0 Å². The van der Waals surface area contributed by atoms with Crippen molar-refractivity contribution in [2.45, 2.75) is 103 Å². The first-order valence-electron chi connectivity index (χ1n) is 14.6. The van der Waals surface area contributed by atoms with Crippen LogP contribution in [0, 0.1) is 0 Å². The van der Waals surface area contributed by atoms with Crippen molar-refractivity contribution < 1.29 is 19.0 Å². The highest BCUT2D eigenvalue weighted by atomic mass is 16.7. The Morgan fingerprint density at radius 3 is 2.69 bits per heavy atom. The van der Waals surface area contributed by atoms with Crippen LogP contribution in [-0.4, -0.2) is 61.7 Å². The Morgan fingerprint density at radius 1 is 1.06 bits per heavy atom. The van der Waals surface area contributed by atoms with Crippen molar-refractivity contribution in [2.75, 3.05) is 39.6 Å². The molecular weight excluding hydrogens is 452 g/mol. The number of ether oxygens (including phenoxy) is 3. The third kappa shape index (κ3) is 6.20. The molecule has 3 unspecified atom stereocenters. The van der Waals surface area contributed by atoms with Crippen LogP contribution in [0.2, 0.25) is 0 Å². The number of hydrogen-bond donors (Lipinski definition) is 0. The number of likely N-dealkylation sites (tertiary alicyclic amines) is 1. The molecule has 3 heterocycles. The Bertz CT molecular complexity index is 876. The zero-order valence-corrected chi connectivity index (χ0v) is 22.5. The fraction of sp³-hybridized carbons (Fsp3) is 0.733. The molecule has 0 N–H and O–H groups in total. The number of hydrogen-bond acceptors (Lipinski definition) is 6. The molecular formula is C30H46N2O4. The summed E-state index contributed by atoms with van der Waals surface area (Å²) in [5.41, 5.74) is 4.44. The minimum atomic E-state index is 0.335. The quantitative estimate of drug-likeness (QED) is 0.310. The van der Waals surface area contributed by atoms with Crippen molar-refractivity contribution in [3.8, 4) is 11.5 Å². The Hall–Kier alpha value is -1.76. The maximum absolute atomic E-state index is 6.31. The Kier molecular flexibility index (Phi) is 9.10. The van der Waals surface area contributed by atoms with E-state index in [0.717, 1.165) is 57.2 Å². The zero-order valence-electron chi connectivity index (χ0n) is 22.5. The minimum absolute atomic E-state index is 0.335. The second-order valence-electron chi connectivity index (χ2n) is 11.0. The second kappa shape index (κ2) is 12.7. The molecule has 0 aromatic heterocycles. The number of rotatable bonds is 12. The average molecular weight is 499 g/mol. The Morgan fingerprint density at radius 2 is 1.94 bits per heavy atom. The molecule has 1 aliphatic carbocycles. The van der Waals surface area contributed by atoms with Crippen molar-refractivity contribution in [3.05, 3.63) is 35.0 Å². The van der Waals surface area contributed by atoms with Crippen LogP contribution in [0.25, 0.3) is 0 Å². The van der Waals surface area contributed by atoms with E-state index in [1.807, 2.05) is 0 Å². The predicted octanol–water partition coefficient (Wildman–Crippen LogP) is 6.41. The SMILES string of the molecule is CCCON(CCC)C(CN1CC(c2ccc3c(c2)OCO3)CC1CCC1CCCCO1)=C1CCC1. The summed E-state index contributed by atoms with van der Waals surface area (Å²) in [6, 6.07) is 7.13. The molecule has 3 atom stereocenters. The van der Waals surface area contributed by atoms with Gasteiger partial charge in [-0.05, 0) is 99.8 Å². The van der Waals surface area contributed by atoms with Gasteiger partial charge in [0.2, 0.25) is 6.79 Å². The lowest BCUT2D eigenvalue weighted by atomic mass is 9.90. The van der Waals surface area contributed by atoms with Crippen LogP contribution in [0.5, 0.6) is 11.5 Å². The van der Waals surface area contributed by atoms with E-state index in [1.54, 1.807) is 5.57 Å². The first-order chi connectivity index (χ1) is 17.7. The van der Waals surface area contributed by atoms with Crippen LogP contribution in [0.15, 0.2) is 29.5 Å². The molecule has 0 spiro atoms. The lowest BCUT2D eigenvalue weighted by Crippen LogP contribution is -2.39. The van der Waals surface area contributed by atoms with Gasteiger partial charge in [0.1, 0.15) is 0 Å². The maximum Gasteiger partial charge on any atom is 0.231 e. The van der Waals surface area contributed by atoms with Crippen LogP contribution in [-0.2, 0) is 9.57 Å². The molecule has 0 radical (unpaired) electrons. The lowest BCUT2D eigenvalue weighted by Gasteiger charge is -2.36. The summed E-state index contributed by atoms with van der Waals surface area (Å²) in [6.07, 6.45) is 13.7. The second-order valence-corrected chi connectivity index (χ2v) is 11.0. The molecule has 36 heavy (non-hydrogen) atoms. The van der Waals surface area contributed by atoms with E-state index in [-0.39, 0.29) is 0 Å².